The molecule has 0 heterocycles. The summed E-state index contributed by atoms with van der Waals surface area (Å²) in [5.41, 5.74) is 0. The van der Waals surface area contributed by atoms with Crippen molar-refractivity contribution in [2.45, 2.75) is 25.1 Å². The molecule has 0 spiro atoms. The lowest BCUT2D eigenvalue weighted by molar-refractivity contribution is -0.287. The van der Waals surface area contributed by atoms with Crippen molar-refractivity contribution in [2.75, 3.05) is 0 Å². The highest BCUT2D eigenvalue weighted by atomic mass is 19.4. The van der Waals surface area contributed by atoms with Gasteiger partial charge in [-0.1, -0.05) is 0 Å². The molecule has 0 saturated heterocycles. The Morgan fingerprint density at radius 2 is 1.67 bits per heavy atom. The number of isocyanates is 1. The average Bonchev–Trinajstić information content (AvgIpc) is 1.85. The number of rotatable bonds is 2. The predicted molar refractivity (Wildman–Crippen MR) is 28.6 cm³/mol. The lowest BCUT2D eigenvalue weighted by Crippen LogP contribution is -2.44. The molecule has 2 nitrogen and oxygen atoms in total. The first kappa shape index (κ1) is 11.0. The Morgan fingerprint density at radius 1 is 1.25 bits per heavy atom. The van der Waals surface area contributed by atoms with Gasteiger partial charge in [0.1, 0.15) is 6.04 Å². The molecule has 12 heavy (non-hydrogen) atoms. The standard InChI is InChI=1S/C5H4F5NO/c1-3(11-2-12)4(6,7)5(8,9)10/h3H,1H3. The second-order valence-corrected chi connectivity index (χ2v) is 2.02. The van der Waals surface area contributed by atoms with Crippen molar-refractivity contribution >= 4 is 6.08 Å². The van der Waals surface area contributed by atoms with E-state index in [2.05, 4.69) is 4.99 Å². The molecule has 0 bridgehead atoms. The maximum Gasteiger partial charge on any atom is 0.455 e. The van der Waals surface area contributed by atoms with Crippen LogP contribution < -0.4 is 0 Å². The van der Waals surface area contributed by atoms with Crippen LogP contribution in [0.4, 0.5) is 22.0 Å². The van der Waals surface area contributed by atoms with E-state index in [0.717, 1.165) is 0 Å². The number of halogens is 5. The molecule has 1 unspecified atom stereocenters. The largest absolute Gasteiger partial charge is 0.455 e. The first-order valence-electron chi connectivity index (χ1n) is 2.75. The normalized spacial score (nSPS) is 15.2. The average molecular weight is 189 g/mol. The first-order valence-corrected chi connectivity index (χ1v) is 2.75. The van der Waals surface area contributed by atoms with E-state index in [-0.39, 0.29) is 0 Å². The number of carbonyl (C=O) groups excluding carboxylic acids is 1. The van der Waals surface area contributed by atoms with E-state index >= 15 is 0 Å². The van der Waals surface area contributed by atoms with Crippen LogP contribution >= 0.6 is 0 Å². The third-order valence-electron chi connectivity index (χ3n) is 1.15. The summed E-state index contributed by atoms with van der Waals surface area (Å²) in [7, 11) is 0. The maximum absolute atomic E-state index is 12.1. The van der Waals surface area contributed by atoms with Crippen molar-refractivity contribution in [1.29, 1.82) is 0 Å². The van der Waals surface area contributed by atoms with Gasteiger partial charge in [0.25, 0.3) is 0 Å². The molecule has 0 aromatic carbocycles. The monoisotopic (exact) mass is 189 g/mol. The zero-order chi connectivity index (χ0) is 9.99. The molecular weight excluding hydrogens is 185 g/mol. The first-order chi connectivity index (χ1) is 5.23. The van der Waals surface area contributed by atoms with Gasteiger partial charge in [-0.3, -0.25) is 0 Å². The molecule has 0 aliphatic rings. The van der Waals surface area contributed by atoms with E-state index < -0.39 is 18.1 Å². The predicted octanol–water partition coefficient (Wildman–Crippen LogP) is 1.91. The molecule has 0 amide bonds. The second kappa shape index (κ2) is 3.18. The molecule has 7 heteroatoms. The summed E-state index contributed by atoms with van der Waals surface area (Å²) in [6.07, 6.45) is -5.05. The van der Waals surface area contributed by atoms with Crippen molar-refractivity contribution in [1.82, 2.24) is 0 Å². The van der Waals surface area contributed by atoms with E-state index in [4.69, 9.17) is 0 Å². The summed E-state index contributed by atoms with van der Waals surface area (Å²) in [4.78, 5) is 11.7. The van der Waals surface area contributed by atoms with E-state index in [9.17, 15) is 26.7 Å². The molecule has 0 aromatic rings. The minimum Gasteiger partial charge on any atom is -0.211 e. The van der Waals surface area contributed by atoms with Crippen LogP contribution in [0.25, 0.3) is 0 Å². The molecule has 0 N–H and O–H groups in total. The number of hydrogen-bond donors (Lipinski definition) is 0. The molecule has 0 aliphatic heterocycles. The zero-order valence-corrected chi connectivity index (χ0v) is 5.82. The van der Waals surface area contributed by atoms with Gasteiger partial charge < -0.3 is 0 Å². The fourth-order valence-corrected chi connectivity index (χ4v) is 0.397. The van der Waals surface area contributed by atoms with E-state index in [1.54, 1.807) is 0 Å². The maximum atomic E-state index is 12.1. The third kappa shape index (κ3) is 2.01. The van der Waals surface area contributed by atoms with E-state index in [1.165, 1.54) is 0 Å². The van der Waals surface area contributed by atoms with Crippen LogP contribution in [0.2, 0.25) is 0 Å². The molecule has 0 radical (unpaired) electrons. The Balaban J connectivity index is 4.72. The SMILES string of the molecule is CC(N=C=O)C(F)(F)C(F)(F)F. The highest BCUT2D eigenvalue weighted by Gasteiger charge is 2.61. The quantitative estimate of drug-likeness (QED) is 0.370. The van der Waals surface area contributed by atoms with Gasteiger partial charge in [-0.05, 0) is 6.92 Å². The summed E-state index contributed by atoms with van der Waals surface area (Å²) in [5.74, 6) is -4.98. The van der Waals surface area contributed by atoms with Crippen LogP contribution in [0.15, 0.2) is 4.99 Å². The fourth-order valence-electron chi connectivity index (χ4n) is 0.397. The topological polar surface area (TPSA) is 29.4 Å². The highest BCUT2D eigenvalue weighted by molar-refractivity contribution is 5.33. The summed E-state index contributed by atoms with van der Waals surface area (Å²) >= 11 is 0. The molecular formula is C5H4F5NO. The molecule has 0 fully saturated rings. The summed E-state index contributed by atoms with van der Waals surface area (Å²) in [5, 5.41) is 0. The highest BCUT2D eigenvalue weighted by Crippen LogP contribution is 2.38. The van der Waals surface area contributed by atoms with Crippen molar-refractivity contribution in [3.63, 3.8) is 0 Å². The summed E-state index contributed by atoms with van der Waals surface area (Å²) < 4.78 is 58.6. The smallest absolute Gasteiger partial charge is 0.211 e. The Morgan fingerprint density at radius 3 is 1.92 bits per heavy atom. The lowest BCUT2D eigenvalue weighted by Gasteiger charge is -2.21. The molecule has 1 atom stereocenters. The number of alkyl halides is 5. The van der Waals surface area contributed by atoms with Crippen molar-refractivity contribution in [3.8, 4) is 0 Å². The molecule has 0 saturated carbocycles. The van der Waals surface area contributed by atoms with Gasteiger partial charge in [-0.2, -0.15) is 26.9 Å². The Hall–Kier alpha value is -0.970. The summed E-state index contributed by atoms with van der Waals surface area (Å²) in [6, 6.07) is -2.44. The Labute approximate surface area is 64.1 Å². The zero-order valence-electron chi connectivity index (χ0n) is 5.82. The van der Waals surface area contributed by atoms with Crippen molar-refractivity contribution < 1.29 is 26.7 Å². The molecule has 0 aromatic heterocycles. The number of hydrogen-bond acceptors (Lipinski definition) is 2. The third-order valence-corrected chi connectivity index (χ3v) is 1.15. The molecule has 70 valence electrons. The Bertz CT molecular complexity index is 204. The number of aliphatic imine (C=N–C) groups is 1. The van der Waals surface area contributed by atoms with Gasteiger partial charge in [0.05, 0.1) is 0 Å². The van der Waals surface area contributed by atoms with Crippen LogP contribution in [-0.4, -0.2) is 24.2 Å². The van der Waals surface area contributed by atoms with Crippen molar-refractivity contribution in [3.05, 3.63) is 0 Å². The lowest BCUT2D eigenvalue weighted by atomic mass is 10.2. The second-order valence-electron chi connectivity index (χ2n) is 2.02. The van der Waals surface area contributed by atoms with Crippen LogP contribution in [-0.2, 0) is 4.79 Å². The van der Waals surface area contributed by atoms with Gasteiger partial charge in [-0.25, -0.2) is 4.79 Å². The molecule has 0 aliphatic carbocycles. The van der Waals surface area contributed by atoms with Crippen LogP contribution in [0.1, 0.15) is 6.92 Å². The minimum atomic E-state index is -5.69. The fraction of sp³-hybridized carbons (Fsp3) is 0.800. The van der Waals surface area contributed by atoms with Gasteiger partial charge in [0, 0.05) is 0 Å². The summed E-state index contributed by atoms with van der Waals surface area (Å²) in [6.45, 7) is 0.485. The Kier molecular flexibility index (Phi) is 2.93. The van der Waals surface area contributed by atoms with Gasteiger partial charge >= 0.3 is 12.1 Å². The van der Waals surface area contributed by atoms with Gasteiger partial charge in [0.15, 0.2) is 0 Å². The minimum absolute atomic E-state index is 0.485. The van der Waals surface area contributed by atoms with Gasteiger partial charge in [0.2, 0.25) is 6.08 Å². The van der Waals surface area contributed by atoms with E-state index in [1.807, 2.05) is 0 Å². The van der Waals surface area contributed by atoms with Crippen LogP contribution in [0.3, 0.4) is 0 Å². The van der Waals surface area contributed by atoms with Crippen LogP contribution in [0.5, 0.6) is 0 Å². The van der Waals surface area contributed by atoms with E-state index in [0.29, 0.717) is 13.0 Å². The van der Waals surface area contributed by atoms with Crippen LogP contribution in [0, 0.1) is 0 Å². The number of nitrogens with zero attached hydrogens (tertiary/aromatic N) is 1. The van der Waals surface area contributed by atoms with Crippen molar-refractivity contribution in [2.24, 2.45) is 4.99 Å². The van der Waals surface area contributed by atoms with Gasteiger partial charge in [-0.15, -0.1) is 0 Å². The molecule has 0 rings (SSSR count).